The van der Waals surface area contributed by atoms with Gasteiger partial charge in [0.15, 0.2) is 0 Å². The van der Waals surface area contributed by atoms with Crippen LogP contribution in [-0.4, -0.2) is 70.7 Å². The van der Waals surface area contributed by atoms with Crippen LogP contribution in [0.25, 0.3) is 0 Å². The molecule has 2 aliphatic heterocycles. The molecule has 6 heteroatoms. The highest BCUT2D eigenvalue weighted by Crippen LogP contribution is 2.25. The lowest BCUT2D eigenvalue weighted by atomic mass is 9.89. The normalized spacial score (nSPS) is 23.9. The second kappa shape index (κ2) is 10.2. The molecule has 160 valence electrons. The summed E-state index contributed by atoms with van der Waals surface area (Å²) in [7, 11) is 0. The van der Waals surface area contributed by atoms with Crippen LogP contribution < -0.4 is 5.32 Å². The molecular weight excluding hydrogens is 376 g/mol. The quantitative estimate of drug-likeness (QED) is 0.767. The predicted molar refractivity (Wildman–Crippen MR) is 117 cm³/mol. The Morgan fingerprint density at radius 1 is 1.07 bits per heavy atom. The summed E-state index contributed by atoms with van der Waals surface area (Å²) in [6.07, 6.45) is 6.48. The minimum atomic E-state index is -0.105. The molecule has 0 bridgehead atoms. The number of aliphatic hydroxyl groups excluding tert-OH is 1. The molecule has 2 saturated heterocycles. The average molecular weight is 409 g/mol. The second-order valence-corrected chi connectivity index (χ2v) is 8.54. The number of carbonyl (C=O) groups excluding carboxylic acids is 1. The zero-order valence-corrected chi connectivity index (χ0v) is 17.5. The minimum Gasteiger partial charge on any atom is -0.396 e. The Kier molecular flexibility index (Phi) is 7.10. The van der Waals surface area contributed by atoms with Gasteiger partial charge in [-0.05, 0) is 56.6 Å². The van der Waals surface area contributed by atoms with Crippen molar-refractivity contribution in [3.63, 3.8) is 0 Å². The first kappa shape index (κ1) is 21.0. The molecule has 6 nitrogen and oxygen atoms in total. The Bertz CT molecular complexity index is 793. The van der Waals surface area contributed by atoms with Gasteiger partial charge >= 0.3 is 0 Å². The molecule has 1 aromatic heterocycles. The third kappa shape index (κ3) is 5.25. The van der Waals surface area contributed by atoms with Crippen molar-refractivity contribution in [1.82, 2.24) is 20.1 Å². The number of nitrogens with zero attached hydrogens (tertiary/aromatic N) is 3. The second-order valence-electron chi connectivity index (χ2n) is 8.54. The largest absolute Gasteiger partial charge is 0.396 e. The van der Waals surface area contributed by atoms with Crippen LogP contribution in [-0.2, 0) is 6.54 Å². The number of carbonyl (C=O) groups is 1. The van der Waals surface area contributed by atoms with Crippen molar-refractivity contribution in [2.24, 2.45) is 5.92 Å². The van der Waals surface area contributed by atoms with Crippen LogP contribution in [0.15, 0.2) is 54.9 Å². The van der Waals surface area contributed by atoms with Crippen LogP contribution >= 0.6 is 0 Å². The molecule has 1 aromatic carbocycles. The highest BCUT2D eigenvalue weighted by molar-refractivity contribution is 5.94. The Morgan fingerprint density at radius 2 is 1.87 bits per heavy atom. The van der Waals surface area contributed by atoms with E-state index in [1.807, 2.05) is 0 Å². The van der Waals surface area contributed by atoms with Gasteiger partial charge in [-0.1, -0.05) is 30.3 Å². The Hall–Kier alpha value is -2.28. The molecule has 0 spiro atoms. The highest BCUT2D eigenvalue weighted by Gasteiger charge is 2.34. The molecule has 2 atom stereocenters. The smallest absolute Gasteiger partial charge is 0.253 e. The van der Waals surface area contributed by atoms with Crippen molar-refractivity contribution >= 4 is 5.91 Å². The summed E-state index contributed by atoms with van der Waals surface area (Å²) >= 11 is 0. The van der Waals surface area contributed by atoms with E-state index in [1.54, 1.807) is 24.5 Å². The van der Waals surface area contributed by atoms with Crippen LogP contribution in [0.3, 0.4) is 0 Å². The van der Waals surface area contributed by atoms with Crippen molar-refractivity contribution in [2.75, 3.05) is 32.8 Å². The zero-order chi connectivity index (χ0) is 20.8. The van der Waals surface area contributed by atoms with E-state index < -0.39 is 0 Å². The van der Waals surface area contributed by atoms with Gasteiger partial charge < -0.3 is 10.4 Å². The van der Waals surface area contributed by atoms with Crippen molar-refractivity contribution in [3.8, 4) is 0 Å². The van der Waals surface area contributed by atoms with E-state index in [1.165, 1.54) is 5.56 Å². The number of aliphatic hydroxyl groups is 1. The topological polar surface area (TPSA) is 68.7 Å². The number of nitrogens with one attached hydrogen (secondary N) is 1. The molecule has 0 radical (unpaired) electrons. The van der Waals surface area contributed by atoms with Gasteiger partial charge in [-0.2, -0.15) is 0 Å². The molecule has 4 rings (SSSR count). The van der Waals surface area contributed by atoms with Gasteiger partial charge in [-0.3, -0.25) is 19.6 Å². The van der Waals surface area contributed by atoms with E-state index in [-0.39, 0.29) is 24.5 Å². The van der Waals surface area contributed by atoms with Crippen LogP contribution in [0, 0.1) is 5.92 Å². The Balaban J connectivity index is 1.31. The average Bonchev–Trinajstić information content (AvgIpc) is 2.81. The van der Waals surface area contributed by atoms with Gasteiger partial charge in [-0.15, -0.1) is 0 Å². The maximum absolute atomic E-state index is 12.6. The SMILES string of the molecule is O=C(N[C@@H]1CN(C2CCN(Cc3ccccc3)CC2)CC[C@@H]1CO)c1cccnc1. The number of likely N-dealkylation sites (tertiary alicyclic amines) is 2. The molecule has 2 aromatic rings. The van der Waals surface area contributed by atoms with Crippen LogP contribution in [0.2, 0.25) is 0 Å². The fraction of sp³-hybridized carbons (Fsp3) is 0.500. The molecule has 2 N–H and O–H groups in total. The van der Waals surface area contributed by atoms with E-state index >= 15 is 0 Å². The first-order valence-electron chi connectivity index (χ1n) is 11.0. The lowest BCUT2D eigenvalue weighted by Crippen LogP contribution is -2.57. The van der Waals surface area contributed by atoms with Gasteiger partial charge in [0.05, 0.1) is 5.56 Å². The van der Waals surface area contributed by atoms with Crippen LogP contribution in [0.1, 0.15) is 35.2 Å². The van der Waals surface area contributed by atoms with Gasteiger partial charge in [-0.25, -0.2) is 0 Å². The summed E-state index contributed by atoms with van der Waals surface area (Å²) in [5.41, 5.74) is 1.94. The predicted octanol–water partition coefficient (Wildman–Crippen LogP) is 2.16. The number of pyridine rings is 1. The van der Waals surface area contributed by atoms with Gasteiger partial charge in [0.1, 0.15) is 0 Å². The van der Waals surface area contributed by atoms with Crippen molar-refractivity contribution < 1.29 is 9.90 Å². The van der Waals surface area contributed by atoms with Crippen LogP contribution in [0.5, 0.6) is 0 Å². The summed E-state index contributed by atoms with van der Waals surface area (Å²) in [6, 6.07) is 14.7. The molecule has 2 aliphatic rings. The van der Waals surface area contributed by atoms with Crippen molar-refractivity contribution in [2.45, 2.75) is 37.9 Å². The van der Waals surface area contributed by atoms with Crippen molar-refractivity contribution in [3.05, 3.63) is 66.0 Å². The summed E-state index contributed by atoms with van der Waals surface area (Å²) in [4.78, 5) is 21.7. The minimum absolute atomic E-state index is 0.0289. The highest BCUT2D eigenvalue weighted by atomic mass is 16.3. The number of rotatable bonds is 6. The molecule has 3 heterocycles. The number of hydrogen-bond donors (Lipinski definition) is 2. The number of amides is 1. The standard InChI is InChI=1S/C24H32N4O2/c29-18-21-8-14-28(17-23(21)26-24(30)20-7-4-11-25-15-20)22-9-12-27(13-10-22)16-19-5-2-1-3-6-19/h1-7,11,15,21-23,29H,8-10,12-14,16-18H2,(H,26,30)/t21-,23-/m1/s1. The molecule has 0 aliphatic carbocycles. The summed E-state index contributed by atoms with van der Waals surface area (Å²) in [6.45, 7) is 5.14. The lowest BCUT2D eigenvalue weighted by Gasteiger charge is -2.44. The first-order valence-corrected chi connectivity index (χ1v) is 11.0. The number of benzene rings is 1. The lowest BCUT2D eigenvalue weighted by molar-refractivity contribution is 0.0394. The van der Waals surface area contributed by atoms with Gasteiger partial charge in [0.25, 0.3) is 5.91 Å². The maximum Gasteiger partial charge on any atom is 0.253 e. The molecule has 2 fully saturated rings. The maximum atomic E-state index is 12.6. The molecular formula is C24H32N4O2. The summed E-state index contributed by atoms with van der Waals surface area (Å²) in [5, 5.41) is 13.0. The van der Waals surface area contributed by atoms with Gasteiger partial charge in [0.2, 0.25) is 0 Å². The van der Waals surface area contributed by atoms with E-state index in [2.05, 4.69) is 50.4 Å². The number of piperidine rings is 2. The third-order valence-corrected chi connectivity index (χ3v) is 6.58. The molecule has 1 amide bonds. The van der Waals surface area contributed by atoms with Crippen LogP contribution in [0.4, 0.5) is 0 Å². The first-order chi connectivity index (χ1) is 14.7. The fourth-order valence-electron chi connectivity index (χ4n) is 4.77. The molecule has 0 saturated carbocycles. The number of hydrogen-bond acceptors (Lipinski definition) is 5. The van der Waals surface area contributed by atoms with E-state index in [0.717, 1.165) is 52.0 Å². The Labute approximate surface area is 178 Å². The summed E-state index contributed by atoms with van der Waals surface area (Å²) in [5.74, 6) is 0.00567. The summed E-state index contributed by atoms with van der Waals surface area (Å²) < 4.78 is 0. The van der Waals surface area contributed by atoms with E-state index in [9.17, 15) is 9.90 Å². The molecule has 30 heavy (non-hydrogen) atoms. The molecule has 0 unspecified atom stereocenters. The van der Waals surface area contributed by atoms with Crippen molar-refractivity contribution in [1.29, 1.82) is 0 Å². The monoisotopic (exact) mass is 408 g/mol. The number of aromatic nitrogens is 1. The van der Waals surface area contributed by atoms with E-state index in [0.29, 0.717) is 11.6 Å². The van der Waals surface area contributed by atoms with Gasteiger partial charge in [0, 0.05) is 50.1 Å². The third-order valence-electron chi connectivity index (χ3n) is 6.58. The van der Waals surface area contributed by atoms with E-state index in [4.69, 9.17) is 0 Å². The fourth-order valence-corrected chi connectivity index (χ4v) is 4.77. The Morgan fingerprint density at radius 3 is 2.57 bits per heavy atom. The zero-order valence-electron chi connectivity index (χ0n) is 17.5.